The first-order valence-electron chi connectivity index (χ1n) is 7.56. The van der Waals surface area contributed by atoms with Crippen molar-refractivity contribution < 1.29 is 4.74 Å². The van der Waals surface area contributed by atoms with Gasteiger partial charge in [-0.15, -0.1) is 0 Å². The number of hydrogen-bond acceptors (Lipinski definition) is 4. The number of thioether (sulfide) groups is 1. The van der Waals surface area contributed by atoms with Crippen LogP contribution in [-0.4, -0.2) is 13.9 Å². The third kappa shape index (κ3) is 5.15. The van der Waals surface area contributed by atoms with E-state index in [0.717, 1.165) is 5.56 Å². The van der Waals surface area contributed by atoms with E-state index in [1.807, 2.05) is 41.1 Å². The fraction of sp³-hybridized carbons (Fsp3) is 0.111. The average molecular weight is 444 g/mol. The van der Waals surface area contributed by atoms with Gasteiger partial charge in [0.2, 0.25) is 4.38 Å². The van der Waals surface area contributed by atoms with Gasteiger partial charge in [-0.05, 0) is 36.5 Å². The molecule has 1 unspecified atom stereocenters. The van der Waals surface area contributed by atoms with Crippen LogP contribution in [0.25, 0.3) is 0 Å². The van der Waals surface area contributed by atoms with Gasteiger partial charge in [0.05, 0.1) is 11.6 Å². The summed E-state index contributed by atoms with van der Waals surface area (Å²) in [5, 5.41) is 1.29. The fourth-order valence-corrected chi connectivity index (χ4v) is 5.01. The van der Waals surface area contributed by atoms with Gasteiger partial charge in [-0.25, -0.2) is 4.98 Å². The van der Waals surface area contributed by atoms with E-state index in [2.05, 4.69) is 4.98 Å². The standard InChI is InChI=1S/C18H13Cl3N2OS2/c19-12-8-14(20)17(15(21)9-12)16(10-23-7-6-22-11-23)26-18(25)24-13-4-2-1-3-5-13/h1-9,11,16H,10H2. The number of para-hydroxylation sites is 1. The minimum Gasteiger partial charge on any atom is -0.440 e. The molecule has 1 aromatic heterocycles. The quantitative estimate of drug-likeness (QED) is 0.411. The Kier molecular flexibility index (Phi) is 6.84. The van der Waals surface area contributed by atoms with E-state index in [9.17, 15) is 0 Å². The molecule has 134 valence electrons. The summed E-state index contributed by atoms with van der Waals surface area (Å²) in [4.78, 5) is 4.08. The van der Waals surface area contributed by atoms with Crippen molar-refractivity contribution in [1.29, 1.82) is 0 Å². The SMILES string of the molecule is S=C(Oc1ccccc1)SC(Cn1ccnc1)c1c(Cl)cc(Cl)cc1Cl. The van der Waals surface area contributed by atoms with Gasteiger partial charge in [0.25, 0.3) is 0 Å². The Hall–Kier alpha value is -1.24. The van der Waals surface area contributed by atoms with E-state index in [0.29, 0.717) is 31.7 Å². The van der Waals surface area contributed by atoms with Crippen LogP contribution in [-0.2, 0) is 6.54 Å². The molecule has 2 aromatic carbocycles. The van der Waals surface area contributed by atoms with Crippen LogP contribution in [0.15, 0.2) is 61.2 Å². The Morgan fingerprint density at radius 3 is 2.46 bits per heavy atom. The minimum atomic E-state index is -0.169. The zero-order valence-corrected chi connectivity index (χ0v) is 17.2. The summed E-state index contributed by atoms with van der Waals surface area (Å²) in [5.74, 6) is 0.680. The molecule has 0 aliphatic rings. The van der Waals surface area contributed by atoms with Gasteiger partial charge >= 0.3 is 0 Å². The van der Waals surface area contributed by atoms with Gasteiger partial charge < -0.3 is 9.30 Å². The van der Waals surface area contributed by atoms with Crippen molar-refractivity contribution in [2.75, 3.05) is 0 Å². The van der Waals surface area contributed by atoms with Crippen molar-refractivity contribution in [2.45, 2.75) is 11.8 Å². The Bertz CT molecular complexity index is 866. The number of rotatable bonds is 5. The maximum atomic E-state index is 6.42. The summed E-state index contributed by atoms with van der Waals surface area (Å²) in [6.45, 7) is 0.573. The molecule has 3 aromatic rings. The molecule has 0 fully saturated rings. The molecule has 3 rings (SSSR count). The predicted molar refractivity (Wildman–Crippen MR) is 114 cm³/mol. The molecule has 0 radical (unpaired) electrons. The number of ether oxygens (including phenoxy) is 1. The van der Waals surface area contributed by atoms with Crippen LogP contribution < -0.4 is 4.74 Å². The predicted octanol–water partition coefficient (Wildman–Crippen LogP) is 6.68. The summed E-state index contributed by atoms with van der Waals surface area (Å²) in [5.41, 5.74) is 0.760. The third-order valence-electron chi connectivity index (χ3n) is 3.48. The number of benzene rings is 2. The minimum absolute atomic E-state index is 0.169. The molecule has 0 saturated heterocycles. The van der Waals surface area contributed by atoms with Crippen molar-refractivity contribution in [3.63, 3.8) is 0 Å². The Morgan fingerprint density at radius 1 is 1.15 bits per heavy atom. The van der Waals surface area contributed by atoms with Gasteiger partial charge in [-0.2, -0.15) is 0 Å². The Morgan fingerprint density at radius 2 is 1.85 bits per heavy atom. The molecule has 1 heterocycles. The first-order valence-corrected chi connectivity index (χ1v) is 9.99. The lowest BCUT2D eigenvalue weighted by molar-refractivity contribution is 0.578. The number of hydrogen-bond donors (Lipinski definition) is 0. The molecular weight excluding hydrogens is 431 g/mol. The largest absolute Gasteiger partial charge is 0.440 e. The van der Waals surface area contributed by atoms with Crippen LogP contribution in [0.1, 0.15) is 10.8 Å². The zero-order valence-electron chi connectivity index (χ0n) is 13.3. The highest BCUT2D eigenvalue weighted by atomic mass is 35.5. The van der Waals surface area contributed by atoms with Gasteiger partial charge in [-0.1, -0.05) is 64.8 Å². The van der Waals surface area contributed by atoms with Gasteiger partial charge in [-0.3, -0.25) is 0 Å². The normalized spacial score (nSPS) is 12.0. The second kappa shape index (κ2) is 9.11. The van der Waals surface area contributed by atoms with Gasteiger partial charge in [0.15, 0.2) is 0 Å². The lowest BCUT2D eigenvalue weighted by atomic mass is 10.1. The molecule has 1 atom stereocenters. The van der Waals surface area contributed by atoms with Gasteiger partial charge in [0.1, 0.15) is 5.75 Å². The van der Waals surface area contributed by atoms with Crippen LogP contribution >= 0.6 is 58.8 Å². The first kappa shape index (κ1) is 19.5. The number of aromatic nitrogens is 2. The number of imidazole rings is 1. The molecule has 0 aliphatic carbocycles. The molecule has 8 heteroatoms. The maximum absolute atomic E-state index is 6.42. The van der Waals surface area contributed by atoms with E-state index in [1.54, 1.807) is 24.7 Å². The van der Waals surface area contributed by atoms with Crippen molar-refractivity contribution in [1.82, 2.24) is 9.55 Å². The topological polar surface area (TPSA) is 27.1 Å². The number of nitrogens with zero attached hydrogens (tertiary/aromatic N) is 2. The lowest BCUT2D eigenvalue weighted by Crippen LogP contribution is -2.11. The van der Waals surface area contributed by atoms with E-state index in [-0.39, 0.29) is 5.25 Å². The fourth-order valence-electron chi connectivity index (χ4n) is 2.36. The molecule has 0 aliphatic heterocycles. The van der Waals surface area contributed by atoms with E-state index >= 15 is 0 Å². The third-order valence-corrected chi connectivity index (χ3v) is 5.65. The summed E-state index contributed by atoms with van der Waals surface area (Å²) < 4.78 is 8.06. The lowest BCUT2D eigenvalue weighted by Gasteiger charge is -2.20. The number of thiocarbonyl (C=S) groups is 1. The molecule has 0 N–H and O–H groups in total. The number of halogens is 3. The van der Waals surface area contributed by atoms with Crippen molar-refractivity contribution in [3.05, 3.63) is 81.8 Å². The molecule has 0 amide bonds. The highest BCUT2D eigenvalue weighted by molar-refractivity contribution is 8.22. The van der Waals surface area contributed by atoms with E-state index in [1.165, 1.54) is 11.8 Å². The van der Waals surface area contributed by atoms with Gasteiger partial charge in [0, 0.05) is 39.6 Å². The summed E-state index contributed by atoms with van der Waals surface area (Å²) in [7, 11) is 0. The second-order valence-electron chi connectivity index (χ2n) is 5.31. The second-order valence-corrected chi connectivity index (χ2v) is 8.37. The van der Waals surface area contributed by atoms with Crippen LogP contribution in [0.5, 0.6) is 5.75 Å². The summed E-state index contributed by atoms with van der Waals surface area (Å²) >= 11 is 25.7. The molecule has 3 nitrogen and oxygen atoms in total. The smallest absolute Gasteiger partial charge is 0.226 e. The van der Waals surface area contributed by atoms with Crippen molar-refractivity contribution in [2.24, 2.45) is 0 Å². The Balaban J connectivity index is 1.85. The van der Waals surface area contributed by atoms with Crippen molar-refractivity contribution in [3.8, 4) is 5.75 Å². The van der Waals surface area contributed by atoms with Crippen LogP contribution in [0.4, 0.5) is 0 Å². The van der Waals surface area contributed by atoms with Crippen LogP contribution in [0.2, 0.25) is 15.1 Å². The molecule has 0 spiro atoms. The highest BCUT2D eigenvalue weighted by Gasteiger charge is 2.23. The van der Waals surface area contributed by atoms with Crippen LogP contribution in [0, 0.1) is 0 Å². The molecular formula is C18H13Cl3N2OS2. The van der Waals surface area contributed by atoms with Crippen LogP contribution in [0.3, 0.4) is 0 Å². The summed E-state index contributed by atoms with van der Waals surface area (Å²) in [6, 6.07) is 12.7. The van der Waals surface area contributed by atoms with Crippen molar-refractivity contribution >= 4 is 63.2 Å². The highest BCUT2D eigenvalue weighted by Crippen LogP contribution is 2.41. The van der Waals surface area contributed by atoms with E-state index in [4.69, 9.17) is 51.8 Å². The monoisotopic (exact) mass is 442 g/mol. The average Bonchev–Trinajstić information content (AvgIpc) is 3.07. The molecule has 0 bridgehead atoms. The first-order chi connectivity index (χ1) is 12.5. The molecule has 0 saturated carbocycles. The maximum Gasteiger partial charge on any atom is 0.226 e. The Labute approximate surface area is 176 Å². The van der Waals surface area contributed by atoms with E-state index < -0.39 is 0 Å². The zero-order chi connectivity index (χ0) is 18.5. The summed E-state index contributed by atoms with van der Waals surface area (Å²) in [6.07, 6.45) is 5.31. The molecule has 26 heavy (non-hydrogen) atoms.